The van der Waals surface area contributed by atoms with E-state index < -0.39 is 97.5 Å². The number of allylic oxidation sites excluding steroid dienone is 16. The Bertz CT molecular complexity index is 2310. The topological polar surface area (TPSA) is 237 Å². The first kappa shape index (κ1) is 98.0. The van der Waals surface area contributed by atoms with Gasteiger partial charge in [0.15, 0.2) is 12.2 Å². The van der Waals surface area contributed by atoms with Crippen molar-refractivity contribution in [3.05, 3.63) is 97.2 Å². The summed E-state index contributed by atoms with van der Waals surface area (Å²) in [5.41, 5.74) is 0. The highest BCUT2D eigenvalue weighted by Gasteiger charge is 2.30. The molecule has 0 aliphatic heterocycles. The maximum Gasteiger partial charge on any atom is 0.472 e. The number of carbonyl (C=O) groups is 4. The molecule has 0 bridgehead atoms. The maximum absolute atomic E-state index is 13.1. The Balaban J connectivity index is 5.35. The normalized spacial score (nSPS) is 14.4. The van der Waals surface area contributed by atoms with E-state index in [2.05, 4.69) is 113 Å². The Morgan fingerprint density at radius 1 is 0.284 bits per heavy atom. The third-order valence-corrected chi connectivity index (χ3v) is 19.0. The van der Waals surface area contributed by atoms with Gasteiger partial charge < -0.3 is 33.8 Å². The zero-order valence-corrected chi connectivity index (χ0v) is 66.3. The predicted molar refractivity (Wildman–Crippen MR) is 418 cm³/mol. The molecule has 0 heterocycles. The van der Waals surface area contributed by atoms with Gasteiger partial charge in [0.25, 0.3) is 0 Å². The van der Waals surface area contributed by atoms with Crippen LogP contribution in [0.2, 0.25) is 0 Å². The fraction of sp³-hybridized carbons (Fsp3) is 0.759. The molecule has 5 atom stereocenters. The Morgan fingerprint density at radius 2 is 0.520 bits per heavy atom. The molecule has 0 aliphatic carbocycles. The van der Waals surface area contributed by atoms with Crippen LogP contribution in [0.3, 0.4) is 0 Å². The molecule has 0 amide bonds. The van der Waals surface area contributed by atoms with Gasteiger partial charge in [-0.25, -0.2) is 9.13 Å². The summed E-state index contributed by atoms with van der Waals surface area (Å²) >= 11 is 0. The summed E-state index contributed by atoms with van der Waals surface area (Å²) in [5, 5.41) is 10.6. The van der Waals surface area contributed by atoms with Gasteiger partial charge in [-0.3, -0.25) is 37.3 Å². The van der Waals surface area contributed by atoms with Crippen molar-refractivity contribution in [2.24, 2.45) is 0 Å². The second-order valence-electron chi connectivity index (χ2n) is 27.0. The van der Waals surface area contributed by atoms with Gasteiger partial charge in [-0.05, 0) is 103 Å². The molecule has 102 heavy (non-hydrogen) atoms. The molecule has 0 rings (SSSR count). The number of rotatable bonds is 76. The summed E-state index contributed by atoms with van der Waals surface area (Å²) < 4.78 is 68.5. The van der Waals surface area contributed by atoms with E-state index in [4.69, 9.17) is 37.0 Å². The minimum absolute atomic E-state index is 0.0854. The number of aliphatic hydroxyl groups excluding tert-OH is 1. The van der Waals surface area contributed by atoms with Gasteiger partial charge in [0.2, 0.25) is 0 Å². The number of hydrogen-bond donors (Lipinski definition) is 3. The molecule has 3 N–H and O–H groups in total. The summed E-state index contributed by atoms with van der Waals surface area (Å²) in [6.07, 6.45) is 79.6. The number of ether oxygens (including phenoxy) is 4. The third kappa shape index (κ3) is 74.3. The van der Waals surface area contributed by atoms with Crippen molar-refractivity contribution in [3.8, 4) is 0 Å². The van der Waals surface area contributed by atoms with Crippen LogP contribution in [-0.2, 0) is 65.4 Å². The molecule has 0 saturated carbocycles. The Labute approximate surface area is 620 Å². The first-order valence-electron chi connectivity index (χ1n) is 40.5. The van der Waals surface area contributed by atoms with Crippen molar-refractivity contribution in [2.45, 2.75) is 367 Å². The van der Waals surface area contributed by atoms with Gasteiger partial charge >= 0.3 is 39.5 Å². The minimum Gasteiger partial charge on any atom is -0.462 e. The monoisotopic (exact) mass is 1480 g/mol. The lowest BCUT2D eigenvalue weighted by atomic mass is 10.0. The number of hydrogen-bond acceptors (Lipinski definition) is 15. The summed E-state index contributed by atoms with van der Waals surface area (Å²) in [4.78, 5) is 73.0. The van der Waals surface area contributed by atoms with E-state index >= 15 is 0 Å². The quantitative estimate of drug-likeness (QED) is 0.0169. The van der Waals surface area contributed by atoms with Gasteiger partial charge in [-0.2, -0.15) is 0 Å². The standard InChI is InChI=1S/C83H146O17P2/c1-5-9-13-17-21-25-29-32-35-37-38-40-43-45-49-52-56-60-64-68-80(85)93-73-78(99-82(87)69-65-61-57-53-47-28-24-20-16-12-8-4)75-97-101(89,90)95-71-77(84)72-96-102(91,92)98-76-79(100-83(88)70-66-62-58-54-50-46-41-34-31-27-23-19-15-11-7-3)74-94-81(86)67-63-59-55-51-48-44-42-39-36-33-30-26-22-18-14-10-6-2/h10,14,21-22,25-26,32-33,35-36,38,40,42,44,51,55,77-79,84H,5-9,11-13,15-20,23-24,27-31,34,37,39,41,43,45-50,52-54,56-76H2,1-4H3,(H,89,90)(H,91,92)/b14-10-,25-21-,26-22-,35-32-,36-33-,40-38-,44-42-,55-51-. The predicted octanol–water partition coefficient (Wildman–Crippen LogP) is 23.6. The Kier molecular flexibility index (Phi) is 72.3. The number of carbonyl (C=O) groups excluding carboxylic acids is 4. The van der Waals surface area contributed by atoms with Crippen molar-refractivity contribution in [1.82, 2.24) is 0 Å². The second kappa shape index (κ2) is 75.2. The summed E-state index contributed by atoms with van der Waals surface area (Å²) in [7, 11) is -9.96. The van der Waals surface area contributed by atoms with Crippen molar-refractivity contribution in [2.75, 3.05) is 39.6 Å². The van der Waals surface area contributed by atoms with Crippen molar-refractivity contribution in [3.63, 3.8) is 0 Å². The lowest BCUT2D eigenvalue weighted by molar-refractivity contribution is -0.161. The molecular formula is C83H146O17P2. The largest absolute Gasteiger partial charge is 0.472 e. The summed E-state index contributed by atoms with van der Waals surface area (Å²) in [5.74, 6) is -2.23. The van der Waals surface area contributed by atoms with Crippen LogP contribution >= 0.6 is 15.6 Å². The van der Waals surface area contributed by atoms with Crippen LogP contribution in [0.4, 0.5) is 0 Å². The fourth-order valence-electron chi connectivity index (χ4n) is 10.9. The molecule has 0 fully saturated rings. The molecule has 0 radical (unpaired) electrons. The molecular weight excluding hydrogens is 1330 g/mol. The highest BCUT2D eigenvalue weighted by atomic mass is 31.2. The van der Waals surface area contributed by atoms with Gasteiger partial charge in [-0.15, -0.1) is 0 Å². The van der Waals surface area contributed by atoms with Crippen LogP contribution in [-0.4, -0.2) is 96.7 Å². The van der Waals surface area contributed by atoms with E-state index in [1.54, 1.807) is 0 Å². The van der Waals surface area contributed by atoms with Crippen molar-refractivity contribution in [1.29, 1.82) is 0 Å². The number of esters is 4. The molecule has 0 aromatic rings. The third-order valence-electron chi connectivity index (χ3n) is 17.1. The number of phosphoric acid groups is 2. The second-order valence-corrected chi connectivity index (χ2v) is 29.9. The maximum atomic E-state index is 13.1. The number of phosphoric ester groups is 2. The lowest BCUT2D eigenvalue weighted by Crippen LogP contribution is -2.30. The van der Waals surface area contributed by atoms with E-state index in [1.807, 2.05) is 12.2 Å². The van der Waals surface area contributed by atoms with Gasteiger partial charge in [-0.1, -0.05) is 318 Å². The number of unbranched alkanes of at least 4 members (excludes halogenated alkanes) is 34. The molecule has 0 aliphatic rings. The molecule has 5 unspecified atom stereocenters. The minimum atomic E-state index is -4.99. The van der Waals surface area contributed by atoms with E-state index in [0.717, 1.165) is 141 Å². The molecule has 0 spiro atoms. The molecule has 590 valence electrons. The molecule has 0 saturated heterocycles. The van der Waals surface area contributed by atoms with Crippen LogP contribution in [0, 0.1) is 0 Å². The molecule has 0 aromatic heterocycles. The SMILES string of the molecule is CC/C=C\C/C=C\C/C=C\C/C=C\C/C=C\CCCC(=O)OCC(COP(=O)(O)OCC(O)COP(=O)(O)OCC(COC(=O)CCCCCCCC/C=C\C/C=C\C/C=C\CCCCC)OC(=O)CCCCCCCCCCCCC)OC(=O)CCCCCCCCCCCCCCCCC. The van der Waals surface area contributed by atoms with Crippen LogP contribution < -0.4 is 0 Å². The van der Waals surface area contributed by atoms with E-state index in [1.165, 1.54) is 122 Å². The van der Waals surface area contributed by atoms with Crippen molar-refractivity contribution < 1.29 is 80.2 Å². The van der Waals surface area contributed by atoms with E-state index in [-0.39, 0.29) is 25.7 Å². The van der Waals surface area contributed by atoms with Crippen LogP contribution in [0.15, 0.2) is 97.2 Å². The fourth-order valence-corrected chi connectivity index (χ4v) is 12.5. The van der Waals surface area contributed by atoms with Crippen molar-refractivity contribution >= 4 is 39.5 Å². The smallest absolute Gasteiger partial charge is 0.462 e. The number of aliphatic hydroxyl groups is 1. The highest BCUT2D eigenvalue weighted by Crippen LogP contribution is 2.45. The average Bonchev–Trinajstić information content (AvgIpc) is 0.944. The van der Waals surface area contributed by atoms with Gasteiger partial charge in [0.05, 0.1) is 26.4 Å². The Hall–Kier alpha value is -4.02. The van der Waals surface area contributed by atoms with Crippen LogP contribution in [0.25, 0.3) is 0 Å². The molecule has 19 heteroatoms. The van der Waals surface area contributed by atoms with E-state index in [9.17, 15) is 43.2 Å². The van der Waals surface area contributed by atoms with Gasteiger partial charge in [0, 0.05) is 25.7 Å². The molecule has 0 aromatic carbocycles. The van der Waals surface area contributed by atoms with Crippen LogP contribution in [0.1, 0.15) is 349 Å². The molecule has 17 nitrogen and oxygen atoms in total. The Morgan fingerprint density at radius 3 is 0.843 bits per heavy atom. The first-order valence-corrected chi connectivity index (χ1v) is 43.5. The zero-order valence-electron chi connectivity index (χ0n) is 64.5. The first-order chi connectivity index (χ1) is 49.7. The van der Waals surface area contributed by atoms with E-state index in [0.29, 0.717) is 32.1 Å². The summed E-state index contributed by atoms with van der Waals surface area (Å²) in [6, 6.07) is 0. The van der Waals surface area contributed by atoms with Gasteiger partial charge in [0.1, 0.15) is 19.3 Å². The average molecular weight is 1480 g/mol. The lowest BCUT2D eigenvalue weighted by Gasteiger charge is -2.21. The zero-order chi connectivity index (χ0) is 74.6. The van der Waals surface area contributed by atoms with Crippen LogP contribution in [0.5, 0.6) is 0 Å². The highest BCUT2D eigenvalue weighted by molar-refractivity contribution is 7.47. The summed E-state index contributed by atoms with van der Waals surface area (Å²) in [6.45, 7) is 4.70.